The zero-order chi connectivity index (χ0) is 11.6. The predicted molar refractivity (Wildman–Crippen MR) is 59.8 cm³/mol. The molecular weight excluding hydrogens is 304 g/mol. The monoisotopic (exact) mass is 308 g/mol. The van der Waals surface area contributed by atoms with E-state index >= 15 is 0 Å². The van der Waals surface area contributed by atoms with Gasteiger partial charge in [0.1, 0.15) is 6.07 Å². The molecule has 80 valence electrons. The molecule has 4 nitrogen and oxygen atoms in total. The lowest BCUT2D eigenvalue weighted by Gasteiger charge is -2.05. The molecule has 0 aromatic heterocycles. The zero-order valence-corrected chi connectivity index (χ0v) is 10.5. The molecule has 1 rings (SSSR count). The van der Waals surface area contributed by atoms with Crippen LogP contribution in [0.2, 0.25) is 0 Å². The summed E-state index contributed by atoms with van der Waals surface area (Å²) in [7, 11) is 1.34. The number of nitrogens with zero attached hydrogens (tertiary/aromatic N) is 1. The first-order valence-electron chi connectivity index (χ1n) is 3.77. The second-order valence-electron chi connectivity index (χ2n) is 2.70. The fraction of sp³-hybridized carbons (Fsp3) is 0.125. The normalized spacial score (nSPS) is 11.1. The Hall–Kier alpha value is -0.610. The summed E-state index contributed by atoms with van der Waals surface area (Å²) in [5.74, 6) is 0. The Morgan fingerprint density at radius 3 is 2.53 bits per heavy atom. The van der Waals surface area contributed by atoms with Crippen molar-refractivity contribution in [1.82, 2.24) is 0 Å². The van der Waals surface area contributed by atoms with E-state index in [1.165, 1.54) is 12.1 Å². The van der Waals surface area contributed by atoms with Crippen molar-refractivity contribution in [2.75, 3.05) is 0 Å². The van der Waals surface area contributed by atoms with E-state index in [1.807, 2.05) is 6.07 Å². The number of hydrogen-bond acceptors (Lipinski definition) is 4. The summed E-state index contributed by atoms with van der Waals surface area (Å²) in [6.45, 7) is 0.121. The number of halogens is 2. The van der Waals surface area contributed by atoms with Crippen LogP contribution in [0.4, 0.5) is 0 Å². The fourth-order valence-corrected chi connectivity index (χ4v) is 2.31. The Labute approximate surface area is 100 Å². The average molecular weight is 310 g/mol. The summed E-state index contributed by atoms with van der Waals surface area (Å²) in [5, 5.41) is 8.77. The van der Waals surface area contributed by atoms with Crippen LogP contribution in [-0.2, 0) is 15.6 Å². The lowest BCUT2D eigenvalue weighted by Crippen LogP contribution is -2.02. The van der Waals surface area contributed by atoms with Gasteiger partial charge in [-0.2, -0.15) is 5.26 Å². The molecule has 0 saturated carbocycles. The third-order valence-electron chi connectivity index (χ3n) is 1.74. The molecule has 0 aliphatic heterocycles. The van der Waals surface area contributed by atoms with E-state index < -0.39 is 9.05 Å². The minimum Gasteiger partial charge on any atom is -0.326 e. The highest BCUT2D eigenvalue weighted by Crippen LogP contribution is 2.26. The summed E-state index contributed by atoms with van der Waals surface area (Å²) in [5.41, 5.74) is 6.12. The molecule has 0 bridgehead atoms. The van der Waals surface area contributed by atoms with Crippen molar-refractivity contribution < 1.29 is 8.42 Å². The summed E-state index contributed by atoms with van der Waals surface area (Å²) in [6, 6.07) is 4.40. The summed E-state index contributed by atoms with van der Waals surface area (Å²) < 4.78 is 22.7. The van der Waals surface area contributed by atoms with Gasteiger partial charge in [0.15, 0.2) is 0 Å². The van der Waals surface area contributed by atoms with Crippen LogP contribution in [0.25, 0.3) is 0 Å². The molecule has 0 radical (unpaired) electrons. The predicted octanol–water partition coefficient (Wildman–Crippen LogP) is 1.71. The van der Waals surface area contributed by atoms with Crippen LogP contribution >= 0.6 is 26.6 Å². The molecule has 1 aromatic carbocycles. The van der Waals surface area contributed by atoms with Crippen LogP contribution in [0.1, 0.15) is 11.1 Å². The maximum absolute atomic E-state index is 11.1. The number of rotatable bonds is 2. The van der Waals surface area contributed by atoms with Crippen LogP contribution in [0.5, 0.6) is 0 Å². The number of nitriles is 1. The van der Waals surface area contributed by atoms with Gasteiger partial charge in [-0.3, -0.25) is 0 Å². The minimum absolute atomic E-state index is 0.121. The highest BCUT2D eigenvalue weighted by atomic mass is 79.9. The van der Waals surface area contributed by atoms with Crippen molar-refractivity contribution in [2.45, 2.75) is 11.4 Å². The maximum Gasteiger partial charge on any atom is 0.261 e. The van der Waals surface area contributed by atoms with Gasteiger partial charge in [0, 0.05) is 21.7 Å². The number of nitrogens with two attached hydrogens (primary N) is 1. The summed E-state index contributed by atoms with van der Waals surface area (Å²) in [4.78, 5) is -0.121. The maximum atomic E-state index is 11.1. The molecule has 0 saturated heterocycles. The van der Waals surface area contributed by atoms with Gasteiger partial charge in [0.2, 0.25) is 0 Å². The first kappa shape index (κ1) is 12.5. The summed E-state index contributed by atoms with van der Waals surface area (Å²) >= 11 is 3.16. The Morgan fingerprint density at radius 1 is 1.53 bits per heavy atom. The van der Waals surface area contributed by atoms with Crippen LogP contribution < -0.4 is 5.73 Å². The molecule has 0 unspecified atom stereocenters. The molecule has 0 spiro atoms. The molecule has 7 heteroatoms. The highest BCUT2D eigenvalue weighted by molar-refractivity contribution is 9.10. The van der Waals surface area contributed by atoms with E-state index in [1.54, 1.807) is 0 Å². The second-order valence-corrected chi connectivity index (χ2v) is 6.06. The van der Waals surface area contributed by atoms with Crippen molar-refractivity contribution in [3.05, 3.63) is 27.7 Å². The second kappa shape index (κ2) is 4.49. The Morgan fingerprint density at radius 2 is 2.13 bits per heavy atom. The molecule has 0 fully saturated rings. The van der Waals surface area contributed by atoms with E-state index in [0.717, 1.165) is 0 Å². The third-order valence-corrected chi connectivity index (χ3v) is 4.01. The van der Waals surface area contributed by atoms with Gasteiger partial charge in [-0.25, -0.2) is 8.42 Å². The molecule has 0 heterocycles. The van der Waals surface area contributed by atoms with Gasteiger partial charge in [0.25, 0.3) is 9.05 Å². The fourth-order valence-electron chi connectivity index (χ4n) is 1.03. The van der Waals surface area contributed by atoms with Crippen LogP contribution in [0.3, 0.4) is 0 Å². The highest BCUT2D eigenvalue weighted by Gasteiger charge is 2.15. The van der Waals surface area contributed by atoms with Gasteiger partial charge < -0.3 is 5.73 Å². The first-order chi connectivity index (χ1) is 6.90. The molecular formula is C8H6BrClN2O2S. The van der Waals surface area contributed by atoms with Crippen molar-refractivity contribution in [3.8, 4) is 6.07 Å². The SMILES string of the molecule is N#Cc1cc(S(=O)(=O)Cl)cc(CN)c1Br. The Balaban J connectivity index is 3.56. The van der Waals surface area contributed by atoms with Crippen LogP contribution in [0, 0.1) is 11.3 Å². The third kappa shape index (κ3) is 2.69. The largest absolute Gasteiger partial charge is 0.326 e. The number of hydrogen-bond donors (Lipinski definition) is 1. The van der Waals surface area contributed by atoms with Crippen LogP contribution in [-0.4, -0.2) is 8.42 Å². The molecule has 15 heavy (non-hydrogen) atoms. The van der Waals surface area contributed by atoms with Gasteiger partial charge in [-0.05, 0) is 33.6 Å². The topological polar surface area (TPSA) is 84.0 Å². The molecule has 1 aromatic rings. The van der Waals surface area contributed by atoms with E-state index in [-0.39, 0.29) is 17.0 Å². The van der Waals surface area contributed by atoms with Gasteiger partial charge in [0.05, 0.1) is 10.5 Å². The molecule has 0 aliphatic carbocycles. The smallest absolute Gasteiger partial charge is 0.261 e. The summed E-state index contributed by atoms with van der Waals surface area (Å²) in [6.07, 6.45) is 0. The molecule has 2 N–H and O–H groups in total. The van der Waals surface area contributed by atoms with Crippen molar-refractivity contribution >= 4 is 35.7 Å². The minimum atomic E-state index is -3.84. The quantitative estimate of drug-likeness (QED) is 0.843. The van der Waals surface area contributed by atoms with E-state index in [2.05, 4.69) is 15.9 Å². The lowest BCUT2D eigenvalue weighted by atomic mass is 10.1. The van der Waals surface area contributed by atoms with Gasteiger partial charge in [-0.1, -0.05) is 0 Å². The first-order valence-corrected chi connectivity index (χ1v) is 6.87. The Kier molecular flexibility index (Phi) is 3.73. The zero-order valence-electron chi connectivity index (χ0n) is 7.37. The average Bonchev–Trinajstić information content (AvgIpc) is 2.16. The van der Waals surface area contributed by atoms with E-state index in [4.69, 9.17) is 21.7 Å². The van der Waals surface area contributed by atoms with Crippen molar-refractivity contribution in [1.29, 1.82) is 5.26 Å². The molecule has 0 amide bonds. The van der Waals surface area contributed by atoms with Gasteiger partial charge in [-0.15, -0.1) is 0 Å². The number of benzene rings is 1. The molecule has 0 aliphatic rings. The standard InChI is InChI=1S/C8H6BrClN2O2S/c9-8-5(3-11)1-7(15(10,13)14)2-6(8)4-12/h1-2H,3,11H2. The Bertz CT molecular complexity index is 536. The van der Waals surface area contributed by atoms with E-state index in [0.29, 0.717) is 10.0 Å². The van der Waals surface area contributed by atoms with Crippen molar-refractivity contribution in [3.63, 3.8) is 0 Å². The van der Waals surface area contributed by atoms with Crippen molar-refractivity contribution in [2.24, 2.45) is 5.73 Å². The lowest BCUT2D eigenvalue weighted by molar-refractivity contribution is 0.609. The van der Waals surface area contributed by atoms with E-state index in [9.17, 15) is 8.42 Å². The molecule has 0 atom stereocenters. The van der Waals surface area contributed by atoms with Gasteiger partial charge >= 0.3 is 0 Å². The van der Waals surface area contributed by atoms with Crippen LogP contribution in [0.15, 0.2) is 21.5 Å².